The van der Waals surface area contributed by atoms with Crippen LogP contribution in [0.3, 0.4) is 0 Å². The van der Waals surface area contributed by atoms with Crippen molar-refractivity contribution in [3.05, 3.63) is 0 Å². The molecule has 1 aliphatic carbocycles. The molecule has 0 amide bonds. The fourth-order valence-corrected chi connectivity index (χ4v) is 3.45. The molecule has 1 rings (SSSR count). The van der Waals surface area contributed by atoms with Crippen molar-refractivity contribution in [1.82, 2.24) is 4.72 Å². The second kappa shape index (κ2) is 7.06. The maximum Gasteiger partial charge on any atom is 0.305 e. The Bertz CT molecular complexity index is 368. The van der Waals surface area contributed by atoms with Gasteiger partial charge in [-0.05, 0) is 25.7 Å². The molecule has 0 heterocycles. The summed E-state index contributed by atoms with van der Waals surface area (Å²) in [4.78, 5) is 10.9. The number of nitrogens with one attached hydrogen (secondary N) is 1. The fourth-order valence-electron chi connectivity index (χ4n) is 2.08. The maximum absolute atomic E-state index is 11.7. The van der Waals surface area contributed by atoms with Crippen LogP contribution in [0, 0.1) is 0 Å². The van der Waals surface area contributed by atoms with E-state index in [2.05, 4.69) is 9.46 Å². The van der Waals surface area contributed by atoms with Crippen LogP contribution in [0.15, 0.2) is 0 Å². The lowest BCUT2D eigenvalue weighted by atomic mass is 10.3. The second-order valence-electron chi connectivity index (χ2n) is 4.48. The molecule has 0 spiro atoms. The first-order chi connectivity index (χ1) is 8.46. The molecule has 2 atom stereocenters. The molecule has 0 aromatic heterocycles. The number of sulfonamides is 1. The number of ether oxygens (including phenoxy) is 2. The van der Waals surface area contributed by atoms with Gasteiger partial charge in [0.1, 0.15) is 0 Å². The van der Waals surface area contributed by atoms with Crippen LogP contribution in [0.25, 0.3) is 0 Å². The minimum atomic E-state index is -3.31. The molecule has 0 aliphatic heterocycles. The summed E-state index contributed by atoms with van der Waals surface area (Å²) in [6, 6.07) is -0.0434. The molecule has 0 bridgehead atoms. The van der Waals surface area contributed by atoms with Crippen molar-refractivity contribution in [1.29, 1.82) is 0 Å². The summed E-state index contributed by atoms with van der Waals surface area (Å²) in [7, 11) is -0.387. The number of carbonyl (C=O) groups excluding carboxylic acids is 1. The molecule has 0 radical (unpaired) electrons. The van der Waals surface area contributed by atoms with Crippen LogP contribution in [-0.2, 0) is 24.3 Å². The van der Waals surface area contributed by atoms with E-state index in [1.165, 1.54) is 7.11 Å². The first kappa shape index (κ1) is 15.4. The van der Waals surface area contributed by atoms with Gasteiger partial charge in [-0.15, -0.1) is 0 Å². The molecule has 0 aromatic rings. The summed E-state index contributed by atoms with van der Waals surface area (Å²) >= 11 is 0. The third-order valence-corrected chi connectivity index (χ3v) is 4.60. The first-order valence-corrected chi connectivity index (χ1v) is 7.71. The second-order valence-corrected chi connectivity index (χ2v) is 6.36. The van der Waals surface area contributed by atoms with Gasteiger partial charge in [-0.25, -0.2) is 13.1 Å². The SMILES string of the molecule is COC(=O)CCCS(=O)(=O)NC1CCC(OC)C1. The Morgan fingerprint density at radius 3 is 2.61 bits per heavy atom. The van der Waals surface area contributed by atoms with E-state index in [0.717, 1.165) is 12.8 Å². The molecular weight excluding hydrogens is 258 g/mol. The van der Waals surface area contributed by atoms with E-state index in [4.69, 9.17) is 4.74 Å². The lowest BCUT2D eigenvalue weighted by molar-refractivity contribution is -0.140. The maximum atomic E-state index is 11.7. The van der Waals surface area contributed by atoms with E-state index in [1.807, 2.05) is 0 Å². The Morgan fingerprint density at radius 1 is 1.33 bits per heavy atom. The van der Waals surface area contributed by atoms with Crippen molar-refractivity contribution in [2.24, 2.45) is 0 Å². The van der Waals surface area contributed by atoms with E-state index >= 15 is 0 Å². The average molecular weight is 279 g/mol. The molecular formula is C11H21NO5S. The van der Waals surface area contributed by atoms with Gasteiger partial charge in [0.2, 0.25) is 10.0 Å². The molecule has 0 aromatic carbocycles. The number of rotatable bonds is 7. The van der Waals surface area contributed by atoms with Crippen LogP contribution >= 0.6 is 0 Å². The molecule has 1 fully saturated rings. The van der Waals surface area contributed by atoms with Crippen LogP contribution in [0.5, 0.6) is 0 Å². The molecule has 0 saturated heterocycles. The molecule has 6 nitrogen and oxygen atoms in total. The van der Waals surface area contributed by atoms with Crippen molar-refractivity contribution in [3.8, 4) is 0 Å². The third kappa shape index (κ3) is 5.32. The summed E-state index contributed by atoms with van der Waals surface area (Å²) in [5.41, 5.74) is 0. The van der Waals surface area contributed by atoms with Crippen LogP contribution in [-0.4, -0.2) is 46.5 Å². The van der Waals surface area contributed by atoms with Crippen molar-refractivity contribution in [2.45, 2.75) is 44.2 Å². The number of carbonyl (C=O) groups is 1. The lowest BCUT2D eigenvalue weighted by Gasteiger charge is -2.13. The minimum absolute atomic E-state index is 0.0434. The summed E-state index contributed by atoms with van der Waals surface area (Å²) in [5, 5.41) is 0. The van der Waals surface area contributed by atoms with Gasteiger partial charge in [0, 0.05) is 19.6 Å². The van der Waals surface area contributed by atoms with Gasteiger partial charge in [-0.1, -0.05) is 0 Å². The molecule has 1 N–H and O–H groups in total. The summed E-state index contributed by atoms with van der Waals surface area (Å²) in [5.74, 6) is -0.429. The minimum Gasteiger partial charge on any atom is -0.469 e. The zero-order valence-electron chi connectivity index (χ0n) is 10.8. The van der Waals surface area contributed by atoms with E-state index in [9.17, 15) is 13.2 Å². The van der Waals surface area contributed by atoms with Crippen LogP contribution < -0.4 is 4.72 Å². The van der Waals surface area contributed by atoms with Gasteiger partial charge in [-0.3, -0.25) is 4.79 Å². The topological polar surface area (TPSA) is 81.7 Å². The van der Waals surface area contributed by atoms with Crippen molar-refractivity contribution in [2.75, 3.05) is 20.0 Å². The monoisotopic (exact) mass is 279 g/mol. The summed E-state index contributed by atoms with van der Waals surface area (Å²) in [6.07, 6.45) is 2.95. The number of hydrogen-bond acceptors (Lipinski definition) is 5. The Morgan fingerprint density at radius 2 is 2.06 bits per heavy atom. The van der Waals surface area contributed by atoms with Crippen molar-refractivity contribution < 1.29 is 22.7 Å². The zero-order valence-corrected chi connectivity index (χ0v) is 11.7. The van der Waals surface area contributed by atoms with Gasteiger partial charge in [0.25, 0.3) is 0 Å². The predicted molar refractivity (Wildman–Crippen MR) is 66.6 cm³/mol. The van der Waals surface area contributed by atoms with Gasteiger partial charge in [0.05, 0.1) is 19.0 Å². The predicted octanol–water partition coefficient (Wildman–Crippen LogP) is 0.427. The van der Waals surface area contributed by atoms with E-state index in [-0.39, 0.29) is 36.7 Å². The summed E-state index contributed by atoms with van der Waals surface area (Å²) in [6.45, 7) is 0. The average Bonchev–Trinajstić information content (AvgIpc) is 2.75. The van der Waals surface area contributed by atoms with Crippen LogP contribution in [0.2, 0.25) is 0 Å². The molecule has 1 aliphatic rings. The lowest BCUT2D eigenvalue weighted by Crippen LogP contribution is -2.35. The molecule has 2 unspecified atom stereocenters. The Balaban J connectivity index is 2.29. The standard InChI is InChI=1S/C11H21NO5S/c1-16-10-6-5-9(8-10)12-18(14,15)7-3-4-11(13)17-2/h9-10,12H,3-8H2,1-2H3. The number of esters is 1. The Labute approximate surface area is 108 Å². The zero-order chi connectivity index (χ0) is 13.6. The normalized spacial score (nSPS) is 24.1. The molecule has 1 saturated carbocycles. The van der Waals surface area contributed by atoms with Crippen LogP contribution in [0.1, 0.15) is 32.1 Å². The summed E-state index contributed by atoms with van der Waals surface area (Å²) < 4.78 is 35.8. The van der Waals surface area contributed by atoms with E-state index in [1.54, 1.807) is 7.11 Å². The number of hydrogen-bond donors (Lipinski definition) is 1. The largest absolute Gasteiger partial charge is 0.469 e. The first-order valence-electron chi connectivity index (χ1n) is 6.06. The van der Waals surface area contributed by atoms with Gasteiger partial charge in [0.15, 0.2) is 0 Å². The van der Waals surface area contributed by atoms with Crippen molar-refractivity contribution >= 4 is 16.0 Å². The smallest absolute Gasteiger partial charge is 0.305 e. The van der Waals surface area contributed by atoms with Gasteiger partial charge >= 0.3 is 5.97 Å². The highest BCUT2D eigenvalue weighted by atomic mass is 32.2. The number of methoxy groups -OCH3 is 2. The van der Waals surface area contributed by atoms with Crippen molar-refractivity contribution in [3.63, 3.8) is 0 Å². The fraction of sp³-hybridized carbons (Fsp3) is 0.909. The van der Waals surface area contributed by atoms with E-state index < -0.39 is 10.0 Å². The Kier molecular flexibility index (Phi) is 6.04. The highest BCUT2D eigenvalue weighted by Gasteiger charge is 2.27. The quantitative estimate of drug-likeness (QED) is 0.683. The third-order valence-electron chi connectivity index (χ3n) is 3.09. The molecule has 7 heteroatoms. The highest BCUT2D eigenvalue weighted by Crippen LogP contribution is 2.22. The van der Waals surface area contributed by atoms with E-state index in [0.29, 0.717) is 6.42 Å². The Hall–Kier alpha value is -0.660. The van der Waals surface area contributed by atoms with Crippen LogP contribution in [0.4, 0.5) is 0 Å². The van der Waals surface area contributed by atoms with Gasteiger partial charge in [-0.2, -0.15) is 0 Å². The molecule has 18 heavy (non-hydrogen) atoms. The highest BCUT2D eigenvalue weighted by molar-refractivity contribution is 7.89. The molecule has 106 valence electrons. The van der Waals surface area contributed by atoms with Gasteiger partial charge < -0.3 is 9.47 Å².